The van der Waals surface area contributed by atoms with E-state index in [9.17, 15) is 22.0 Å². The molecule has 1 N–H and O–H groups in total. The summed E-state index contributed by atoms with van der Waals surface area (Å²) < 4.78 is 62.8. The van der Waals surface area contributed by atoms with Crippen LogP contribution in [0.2, 0.25) is 0 Å². The van der Waals surface area contributed by atoms with E-state index in [-0.39, 0.29) is 12.7 Å². The van der Waals surface area contributed by atoms with Crippen LogP contribution in [0.5, 0.6) is 0 Å². The molecule has 2 rings (SSSR count). The molecule has 0 aliphatic carbocycles. The van der Waals surface area contributed by atoms with Gasteiger partial charge in [-0.15, -0.1) is 0 Å². The third-order valence-electron chi connectivity index (χ3n) is 3.34. The Morgan fingerprint density at radius 3 is 2.87 bits per heavy atom. The van der Waals surface area contributed by atoms with Gasteiger partial charge in [-0.3, -0.25) is 4.79 Å². The molecule has 1 aromatic rings. The van der Waals surface area contributed by atoms with Crippen molar-refractivity contribution in [1.82, 2.24) is 4.72 Å². The highest BCUT2D eigenvalue weighted by molar-refractivity contribution is 7.90. The van der Waals surface area contributed by atoms with Crippen LogP contribution in [0.1, 0.15) is 19.8 Å². The lowest BCUT2D eigenvalue weighted by Crippen LogP contribution is -2.39. The Morgan fingerprint density at radius 1 is 1.48 bits per heavy atom. The van der Waals surface area contributed by atoms with Gasteiger partial charge < -0.3 is 9.47 Å². The van der Waals surface area contributed by atoms with Gasteiger partial charge in [0.1, 0.15) is 22.6 Å². The molecule has 1 aliphatic rings. The van der Waals surface area contributed by atoms with Crippen molar-refractivity contribution in [2.24, 2.45) is 0 Å². The molecule has 6 nitrogen and oxygen atoms in total. The molecule has 9 heteroatoms. The van der Waals surface area contributed by atoms with Gasteiger partial charge in [0.15, 0.2) is 0 Å². The number of nitrogens with one attached hydrogen (secondary N) is 1. The van der Waals surface area contributed by atoms with Gasteiger partial charge in [0.2, 0.25) is 0 Å². The predicted molar refractivity (Wildman–Crippen MR) is 76.1 cm³/mol. The van der Waals surface area contributed by atoms with Crippen molar-refractivity contribution in [3.63, 3.8) is 0 Å². The second-order valence-electron chi connectivity index (χ2n) is 5.16. The quantitative estimate of drug-likeness (QED) is 0.838. The summed E-state index contributed by atoms with van der Waals surface area (Å²) >= 11 is 0. The highest BCUT2D eigenvalue weighted by atomic mass is 32.2. The summed E-state index contributed by atoms with van der Waals surface area (Å²) in [6.45, 7) is 2.15. The van der Waals surface area contributed by atoms with Crippen LogP contribution in [0.15, 0.2) is 23.1 Å². The zero-order chi connectivity index (χ0) is 17.0. The van der Waals surface area contributed by atoms with Gasteiger partial charge >= 0.3 is 0 Å². The van der Waals surface area contributed by atoms with E-state index in [2.05, 4.69) is 0 Å². The van der Waals surface area contributed by atoms with E-state index in [4.69, 9.17) is 9.47 Å². The first-order valence-electron chi connectivity index (χ1n) is 7.04. The fraction of sp³-hybridized carbons (Fsp3) is 0.500. The Balaban J connectivity index is 1.98. The Hall–Kier alpha value is -1.58. The smallest absolute Gasteiger partial charge is 0.267 e. The lowest BCUT2D eigenvalue weighted by Gasteiger charge is -2.16. The van der Waals surface area contributed by atoms with Crippen LogP contribution in [0.4, 0.5) is 8.78 Å². The van der Waals surface area contributed by atoms with Crippen LogP contribution in [-0.4, -0.2) is 39.7 Å². The largest absolute Gasteiger partial charge is 0.376 e. The van der Waals surface area contributed by atoms with Crippen LogP contribution in [0, 0.1) is 11.6 Å². The highest BCUT2D eigenvalue weighted by Crippen LogP contribution is 2.16. The van der Waals surface area contributed by atoms with Gasteiger partial charge in [-0.05, 0) is 38.0 Å². The number of halogens is 2. The van der Waals surface area contributed by atoms with E-state index in [1.807, 2.05) is 0 Å². The number of ether oxygens (including phenoxy) is 2. The fourth-order valence-electron chi connectivity index (χ4n) is 2.06. The Morgan fingerprint density at radius 2 is 2.22 bits per heavy atom. The van der Waals surface area contributed by atoms with Gasteiger partial charge in [0.05, 0.1) is 12.7 Å². The number of amides is 1. The molecule has 2 atom stereocenters. The summed E-state index contributed by atoms with van der Waals surface area (Å²) in [7, 11) is -4.52. The summed E-state index contributed by atoms with van der Waals surface area (Å²) in [5.74, 6) is -3.05. The average Bonchev–Trinajstić information content (AvgIpc) is 3.00. The second kappa shape index (κ2) is 7.33. The maximum absolute atomic E-state index is 13.5. The molecule has 1 amide bonds. The SMILES string of the molecule is C[C@@H](OC[C@H]1CCCO1)C(=O)NS(=O)(=O)c1cc(F)ccc1F. The standard InChI is InChI=1S/C14H17F2NO5S/c1-9(22-8-11-3-2-6-21-11)14(18)17-23(19,20)13-7-10(15)4-5-12(13)16/h4-5,7,9,11H,2-3,6,8H2,1H3,(H,17,18)/t9-,11-/m1/s1. The zero-order valence-electron chi connectivity index (χ0n) is 12.4. The van der Waals surface area contributed by atoms with Crippen molar-refractivity contribution in [2.45, 2.75) is 36.9 Å². The maximum Gasteiger partial charge on any atom is 0.267 e. The molecule has 0 aromatic heterocycles. The number of sulfonamides is 1. The van der Waals surface area contributed by atoms with Gasteiger partial charge in [-0.25, -0.2) is 21.9 Å². The molecule has 1 aliphatic heterocycles. The molecule has 0 bridgehead atoms. The summed E-state index contributed by atoms with van der Waals surface area (Å²) in [6.07, 6.45) is 0.510. The normalized spacial score (nSPS) is 19.5. The van der Waals surface area contributed by atoms with Crippen molar-refractivity contribution in [2.75, 3.05) is 13.2 Å². The van der Waals surface area contributed by atoms with E-state index >= 15 is 0 Å². The topological polar surface area (TPSA) is 81.7 Å². The van der Waals surface area contributed by atoms with Crippen LogP contribution in [0.25, 0.3) is 0 Å². The van der Waals surface area contributed by atoms with Gasteiger partial charge in [0.25, 0.3) is 15.9 Å². The van der Waals surface area contributed by atoms with Crippen LogP contribution < -0.4 is 4.72 Å². The van der Waals surface area contributed by atoms with Crippen molar-refractivity contribution in [3.05, 3.63) is 29.8 Å². The van der Waals surface area contributed by atoms with E-state index in [0.717, 1.165) is 18.9 Å². The van der Waals surface area contributed by atoms with Gasteiger partial charge in [0, 0.05) is 6.61 Å². The molecule has 0 saturated carbocycles. The summed E-state index contributed by atoms with van der Waals surface area (Å²) in [5.41, 5.74) is 0. The lowest BCUT2D eigenvalue weighted by atomic mass is 10.2. The minimum absolute atomic E-state index is 0.123. The predicted octanol–water partition coefficient (Wildman–Crippen LogP) is 1.35. The minimum Gasteiger partial charge on any atom is -0.376 e. The van der Waals surface area contributed by atoms with Crippen LogP contribution >= 0.6 is 0 Å². The second-order valence-corrected chi connectivity index (χ2v) is 6.81. The van der Waals surface area contributed by atoms with E-state index in [1.165, 1.54) is 6.92 Å². The third kappa shape index (κ3) is 4.69. The van der Waals surface area contributed by atoms with Crippen LogP contribution in [-0.2, 0) is 24.3 Å². The molecule has 1 fully saturated rings. The van der Waals surface area contributed by atoms with Crippen molar-refractivity contribution in [3.8, 4) is 0 Å². The van der Waals surface area contributed by atoms with Crippen LogP contribution in [0.3, 0.4) is 0 Å². The fourth-order valence-corrected chi connectivity index (χ4v) is 3.19. The van der Waals surface area contributed by atoms with E-state index in [0.29, 0.717) is 18.7 Å². The Labute approximate surface area is 132 Å². The van der Waals surface area contributed by atoms with Crippen molar-refractivity contribution >= 4 is 15.9 Å². The first-order valence-corrected chi connectivity index (χ1v) is 8.53. The lowest BCUT2D eigenvalue weighted by molar-refractivity contribution is -0.131. The molecular weight excluding hydrogens is 332 g/mol. The first kappa shape index (κ1) is 17.8. The highest BCUT2D eigenvalue weighted by Gasteiger charge is 2.26. The summed E-state index contributed by atoms with van der Waals surface area (Å²) in [5, 5.41) is 0. The minimum atomic E-state index is -4.52. The number of carbonyl (C=O) groups excluding carboxylic acids is 1. The van der Waals surface area contributed by atoms with Crippen molar-refractivity contribution < 1.29 is 31.5 Å². The summed E-state index contributed by atoms with van der Waals surface area (Å²) in [4.78, 5) is 10.9. The monoisotopic (exact) mass is 349 g/mol. The molecule has 1 saturated heterocycles. The molecule has 0 unspecified atom stereocenters. The number of hydrogen-bond acceptors (Lipinski definition) is 5. The molecule has 128 valence electrons. The number of benzene rings is 1. The molecule has 0 radical (unpaired) electrons. The maximum atomic E-state index is 13.5. The van der Waals surface area contributed by atoms with Gasteiger partial charge in [-0.2, -0.15) is 0 Å². The molecule has 23 heavy (non-hydrogen) atoms. The molecular formula is C14H17F2NO5S. The third-order valence-corrected chi connectivity index (χ3v) is 4.70. The summed E-state index contributed by atoms with van der Waals surface area (Å²) in [6, 6.07) is 1.96. The number of carbonyl (C=O) groups is 1. The van der Waals surface area contributed by atoms with Crippen molar-refractivity contribution in [1.29, 1.82) is 0 Å². The first-order chi connectivity index (χ1) is 10.8. The Kier molecular flexibility index (Phi) is 5.66. The number of rotatable bonds is 6. The van der Waals surface area contributed by atoms with E-state index < -0.39 is 38.6 Å². The molecule has 1 aromatic carbocycles. The molecule has 1 heterocycles. The van der Waals surface area contributed by atoms with E-state index in [1.54, 1.807) is 4.72 Å². The zero-order valence-corrected chi connectivity index (χ0v) is 13.2. The average molecular weight is 349 g/mol. The molecule has 0 spiro atoms. The van der Waals surface area contributed by atoms with Gasteiger partial charge in [-0.1, -0.05) is 0 Å². The number of hydrogen-bond donors (Lipinski definition) is 1. The Bertz CT molecular complexity index is 674.